The van der Waals surface area contributed by atoms with Crippen LogP contribution in [0.2, 0.25) is 0 Å². The molecule has 0 saturated carbocycles. The lowest BCUT2D eigenvalue weighted by Gasteiger charge is -2.27. The van der Waals surface area contributed by atoms with Gasteiger partial charge >= 0.3 is 0 Å². The van der Waals surface area contributed by atoms with Gasteiger partial charge in [-0.1, -0.05) is 18.1 Å². The van der Waals surface area contributed by atoms with Crippen molar-refractivity contribution in [1.82, 2.24) is 25.0 Å². The molecule has 0 unspecified atom stereocenters. The average Bonchev–Trinajstić information content (AvgIpc) is 3.08. The van der Waals surface area contributed by atoms with Crippen molar-refractivity contribution in [1.29, 1.82) is 0 Å². The summed E-state index contributed by atoms with van der Waals surface area (Å²) in [6, 6.07) is 5.41. The number of carbonyl (C=O) groups excluding carboxylic acids is 1. The Morgan fingerprint density at radius 3 is 2.96 bits per heavy atom. The van der Waals surface area contributed by atoms with Crippen molar-refractivity contribution in [3.63, 3.8) is 0 Å². The number of aryl methyl sites for hydroxylation is 2. The van der Waals surface area contributed by atoms with Gasteiger partial charge in [-0.3, -0.25) is 14.6 Å². The van der Waals surface area contributed by atoms with Crippen LogP contribution in [0.1, 0.15) is 40.0 Å². The second kappa shape index (κ2) is 6.79. The topological polar surface area (TPSA) is 105 Å². The summed E-state index contributed by atoms with van der Waals surface area (Å²) in [5.41, 5.74) is 2.79. The molecule has 27 heavy (non-hydrogen) atoms. The fourth-order valence-electron chi connectivity index (χ4n) is 3.33. The Hall–Kier alpha value is -3.29. The molecule has 0 fully saturated rings. The van der Waals surface area contributed by atoms with Gasteiger partial charge in [0.25, 0.3) is 11.5 Å². The first-order valence-electron chi connectivity index (χ1n) is 8.86. The van der Waals surface area contributed by atoms with Crippen molar-refractivity contribution < 1.29 is 9.32 Å². The summed E-state index contributed by atoms with van der Waals surface area (Å²) in [6.45, 7) is 4.39. The SMILES string of the molecule is CCc1noc(C)c1C(=O)N1CCc2c(nc(-c3ccccn3)[nH]c2=O)C1. The van der Waals surface area contributed by atoms with Crippen molar-refractivity contribution in [2.75, 3.05) is 6.54 Å². The standard InChI is InChI=1S/C19H19N5O3/c1-3-13-16(11(2)27-23-13)19(26)24-9-7-12-15(10-24)21-17(22-18(12)25)14-6-4-5-8-20-14/h4-6,8H,3,7,9-10H2,1-2H3,(H,21,22,25). The molecule has 1 amide bonds. The second-order valence-corrected chi connectivity index (χ2v) is 6.45. The van der Waals surface area contributed by atoms with E-state index in [1.165, 1.54) is 0 Å². The summed E-state index contributed by atoms with van der Waals surface area (Å²) in [5.74, 6) is 0.775. The fourth-order valence-corrected chi connectivity index (χ4v) is 3.33. The van der Waals surface area contributed by atoms with Crippen molar-refractivity contribution in [3.8, 4) is 11.5 Å². The second-order valence-electron chi connectivity index (χ2n) is 6.45. The van der Waals surface area contributed by atoms with Crippen LogP contribution < -0.4 is 5.56 Å². The van der Waals surface area contributed by atoms with Gasteiger partial charge in [-0.05, 0) is 31.9 Å². The number of fused-ring (bicyclic) bond motifs is 1. The lowest BCUT2D eigenvalue weighted by molar-refractivity contribution is 0.0728. The van der Waals surface area contributed by atoms with E-state index in [2.05, 4.69) is 20.1 Å². The van der Waals surface area contributed by atoms with Crippen LogP contribution in [0.5, 0.6) is 0 Å². The van der Waals surface area contributed by atoms with E-state index in [1.54, 1.807) is 30.2 Å². The third kappa shape index (κ3) is 3.03. The van der Waals surface area contributed by atoms with E-state index in [4.69, 9.17) is 4.52 Å². The van der Waals surface area contributed by atoms with Crippen molar-refractivity contribution in [2.24, 2.45) is 0 Å². The van der Waals surface area contributed by atoms with Crippen LogP contribution in [0.25, 0.3) is 11.5 Å². The molecule has 0 atom stereocenters. The Morgan fingerprint density at radius 2 is 2.22 bits per heavy atom. The van der Waals surface area contributed by atoms with Crippen LogP contribution >= 0.6 is 0 Å². The molecule has 4 rings (SSSR count). The smallest absolute Gasteiger partial charge is 0.259 e. The normalized spacial score (nSPS) is 13.5. The number of nitrogens with zero attached hydrogens (tertiary/aromatic N) is 4. The number of rotatable bonds is 3. The summed E-state index contributed by atoms with van der Waals surface area (Å²) < 4.78 is 5.19. The highest BCUT2D eigenvalue weighted by Gasteiger charge is 2.29. The quantitative estimate of drug-likeness (QED) is 0.760. The molecular formula is C19H19N5O3. The molecule has 138 valence electrons. The highest BCUT2D eigenvalue weighted by atomic mass is 16.5. The molecule has 0 spiro atoms. The molecule has 0 saturated heterocycles. The number of aromatic nitrogens is 4. The first-order valence-corrected chi connectivity index (χ1v) is 8.86. The fraction of sp³-hybridized carbons (Fsp3) is 0.316. The minimum absolute atomic E-state index is 0.141. The summed E-state index contributed by atoms with van der Waals surface area (Å²) in [6.07, 6.45) is 2.72. The molecule has 0 radical (unpaired) electrons. The lowest BCUT2D eigenvalue weighted by atomic mass is 10.0. The highest BCUT2D eigenvalue weighted by molar-refractivity contribution is 5.96. The van der Waals surface area contributed by atoms with Crippen LogP contribution in [0.15, 0.2) is 33.7 Å². The monoisotopic (exact) mass is 365 g/mol. The van der Waals surface area contributed by atoms with Crippen LogP contribution in [-0.2, 0) is 19.4 Å². The first-order chi connectivity index (χ1) is 13.1. The molecule has 4 heterocycles. The van der Waals surface area contributed by atoms with Gasteiger partial charge in [-0.25, -0.2) is 4.98 Å². The van der Waals surface area contributed by atoms with Crippen LogP contribution in [0.3, 0.4) is 0 Å². The van der Waals surface area contributed by atoms with E-state index >= 15 is 0 Å². The Labute approximate surface area is 155 Å². The van der Waals surface area contributed by atoms with E-state index in [1.807, 2.05) is 13.0 Å². The average molecular weight is 365 g/mol. The predicted octanol–water partition coefficient (Wildman–Crippen LogP) is 1.89. The maximum absolute atomic E-state index is 13.0. The Kier molecular flexibility index (Phi) is 4.31. The summed E-state index contributed by atoms with van der Waals surface area (Å²) in [4.78, 5) is 38.8. The highest BCUT2D eigenvalue weighted by Crippen LogP contribution is 2.22. The zero-order chi connectivity index (χ0) is 19.0. The molecule has 8 nitrogen and oxygen atoms in total. The molecule has 1 N–H and O–H groups in total. The van der Waals surface area contributed by atoms with E-state index in [0.717, 1.165) is 0 Å². The van der Waals surface area contributed by atoms with Gasteiger partial charge in [0.1, 0.15) is 17.0 Å². The lowest BCUT2D eigenvalue weighted by Crippen LogP contribution is -2.39. The number of aromatic amines is 1. The third-order valence-corrected chi connectivity index (χ3v) is 4.75. The van der Waals surface area contributed by atoms with Crippen LogP contribution in [0, 0.1) is 6.92 Å². The number of H-pyrrole nitrogens is 1. The first kappa shape index (κ1) is 17.1. The zero-order valence-electron chi connectivity index (χ0n) is 15.2. The van der Waals surface area contributed by atoms with E-state index < -0.39 is 0 Å². The van der Waals surface area contributed by atoms with Gasteiger partial charge in [0, 0.05) is 18.3 Å². The van der Waals surface area contributed by atoms with E-state index in [9.17, 15) is 9.59 Å². The minimum atomic E-state index is -0.178. The van der Waals surface area contributed by atoms with E-state index in [-0.39, 0.29) is 18.0 Å². The van der Waals surface area contributed by atoms with Gasteiger partial charge in [0.15, 0.2) is 5.82 Å². The maximum Gasteiger partial charge on any atom is 0.259 e. The number of nitrogens with one attached hydrogen (secondary N) is 1. The maximum atomic E-state index is 13.0. The number of pyridine rings is 1. The number of amides is 1. The molecule has 3 aromatic heterocycles. The molecule has 0 bridgehead atoms. The number of hydrogen-bond donors (Lipinski definition) is 1. The van der Waals surface area contributed by atoms with Crippen LogP contribution in [-0.4, -0.2) is 37.5 Å². The molecule has 0 aliphatic carbocycles. The van der Waals surface area contributed by atoms with Gasteiger partial charge in [-0.15, -0.1) is 0 Å². The van der Waals surface area contributed by atoms with E-state index in [0.29, 0.717) is 59.2 Å². The van der Waals surface area contributed by atoms with Crippen molar-refractivity contribution in [2.45, 2.75) is 33.2 Å². The summed E-state index contributed by atoms with van der Waals surface area (Å²) in [7, 11) is 0. The summed E-state index contributed by atoms with van der Waals surface area (Å²) in [5, 5.41) is 3.96. The molecular weight excluding hydrogens is 346 g/mol. The molecule has 8 heteroatoms. The molecule has 1 aliphatic heterocycles. The third-order valence-electron chi connectivity index (χ3n) is 4.75. The largest absolute Gasteiger partial charge is 0.361 e. The van der Waals surface area contributed by atoms with Gasteiger partial charge < -0.3 is 14.4 Å². The summed E-state index contributed by atoms with van der Waals surface area (Å²) >= 11 is 0. The minimum Gasteiger partial charge on any atom is -0.361 e. The number of hydrogen-bond acceptors (Lipinski definition) is 6. The van der Waals surface area contributed by atoms with Crippen molar-refractivity contribution in [3.05, 3.63) is 63.0 Å². The Morgan fingerprint density at radius 1 is 1.37 bits per heavy atom. The van der Waals surface area contributed by atoms with Gasteiger partial charge in [-0.2, -0.15) is 0 Å². The van der Waals surface area contributed by atoms with Gasteiger partial charge in [0.05, 0.1) is 17.9 Å². The Balaban J connectivity index is 1.68. The van der Waals surface area contributed by atoms with Crippen LogP contribution in [0.4, 0.5) is 0 Å². The Bertz CT molecular complexity index is 1050. The molecule has 0 aromatic carbocycles. The predicted molar refractivity (Wildman–Crippen MR) is 97.2 cm³/mol. The molecule has 3 aromatic rings. The van der Waals surface area contributed by atoms with Gasteiger partial charge in [0.2, 0.25) is 0 Å². The van der Waals surface area contributed by atoms with Crippen molar-refractivity contribution >= 4 is 5.91 Å². The number of carbonyl (C=O) groups is 1. The molecule has 1 aliphatic rings. The zero-order valence-corrected chi connectivity index (χ0v) is 15.2.